The van der Waals surface area contributed by atoms with E-state index in [1.165, 1.54) is 0 Å². The van der Waals surface area contributed by atoms with Crippen LogP contribution in [-0.4, -0.2) is 47.3 Å². The van der Waals surface area contributed by atoms with E-state index in [0.717, 1.165) is 18.8 Å². The smallest absolute Gasteiger partial charge is 0.122 e. The average Bonchev–Trinajstić information content (AvgIpc) is 2.72. The number of nitrogens with zero attached hydrogens (tertiary/aromatic N) is 3. The Morgan fingerprint density at radius 2 is 2.29 bits per heavy atom. The highest BCUT2D eigenvalue weighted by molar-refractivity contribution is 4.96. The molecule has 0 aliphatic rings. The van der Waals surface area contributed by atoms with Crippen LogP contribution in [0.4, 0.5) is 0 Å². The Balaban J connectivity index is 2.78. The zero-order valence-electron chi connectivity index (χ0n) is 11.3. The second kappa shape index (κ2) is 6.14. The van der Waals surface area contributed by atoms with Crippen molar-refractivity contribution in [3.63, 3.8) is 0 Å². The fourth-order valence-electron chi connectivity index (χ4n) is 2.04. The average molecular weight is 240 g/mol. The van der Waals surface area contributed by atoms with Crippen LogP contribution in [0.2, 0.25) is 0 Å². The van der Waals surface area contributed by atoms with Gasteiger partial charge in [-0.25, -0.2) is 4.98 Å². The first-order chi connectivity index (χ1) is 8.09. The molecule has 2 N–H and O–H groups in total. The summed E-state index contributed by atoms with van der Waals surface area (Å²) in [4.78, 5) is 6.57. The van der Waals surface area contributed by atoms with Crippen LogP contribution in [0.15, 0.2) is 12.4 Å². The second-order valence-electron chi connectivity index (χ2n) is 4.53. The first-order valence-corrected chi connectivity index (χ1v) is 5.96. The Kier molecular flexibility index (Phi) is 5.11. The lowest BCUT2D eigenvalue weighted by Crippen LogP contribution is -2.54. The molecule has 0 saturated heterocycles. The monoisotopic (exact) mass is 240 g/mol. The number of hydrogen-bond donors (Lipinski definition) is 1. The third-order valence-electron chi connectivity index (χ3n) is 3.56. The highest BCUT2D eigenvalue weighted by atomic mass is 16.5. The number of hydrogen-bond acceptors (Lipinski definition) is 4. The minimum atomic E-state index is -0.110. The largest absolute Gasteiger partial charge is 0.383 e. The summed E-state index contributed by atoms with van der Waals surface area (Å²) in [5, 5.41) is 0. The van der Waals surface area contributed by atoms with Gasteiger partial charge in [-0.2, -0.15) is 0 Å². The van der Waals surface area contributed by atoms with Crippen molar-refractivity contribution < 1.29 is 4.74 Å². The fourth-order valence-corrected chi connectivity index (χ4v) is 2.04. The summed E-state index contributed by atoms with van der Waals surface area (Å²) in [5.41, 5.74) is 5.81. The van der Waals surface area contributed by atoms with Crippen molar-refractivity contribution in [3.05, 3.63) is 18.2 Å². The summed E-state index contributed by atoms with van der Waals surface area (Å²) in [6.45, 7) is 4.14. The summed E-state index contributed by atoms with van der Waals surface area (Å²) >= 11 is 0. The molecule has 1 unspecified atom stereocenters. The minimum Gasteiger partial charge on any atom is -0.383 e. The summed E-state index contributed by atoms with van der Waals surface area (Å²) in [7, 11) is 5.79. The van der Waals surface area contributed by atoms with Crippen LogP contribution in [0, 0.1) is 0 Å². The minimum absolute atomic E-state index is 0.110. The normalized spacial score (nSPS) is 15.2. The maximum Gasteiger partial charge on any atom is 0.122 e. The lowest BCUT2D eigenvalue weighted by molar-refractivity contribution is 0.0216. The highest BCUT2D eigenvalue weighted by Gasteiger charge is 2.32. The van der Waals surface area contributed by atoms with E-state index >= 15 is 0 Å². The van der Waals surface area contributed by atoms with Crippen LogP contribution >= 0.6 is 0 Å². The van der Waals surface area contributed by atoms with Gasteiger partial charge in [0, 0.05) is 33.1 Å². The molecule has 1 rings (SSSR count). The standard InChI is InChI=1S/C12H24N4O/c1-5-12(9-13,10-17-4)16(3)8-11-14-6-7-15(11)2/h6-7H,5,8-10,13H2,1-4H3. The Labute approximate surface area is 104 Å². The fraction of sp³-hybridized carbons (Fsp3) is 0.750. The topological polar surface area (TPSA) is 56.3 Å². The summed E-state index contributed by atoms with van der Waals surface area (Å²) in [6.07, 6.45) is 4.73. The van der Waals surface area contributed by atoms with Gasteiger partial charge >= 0.3 is 0 Å². The Bertz CT molecular complexity index is 333. The summed E-state index contributed by atoms with van der Waals surface area (Å²) < 4.78 is 7.34. The quantitative estimate of drug-likeness (QED) is 0.758. The number of rotatable bonds is 7. The van der Waals surface area contributed by atoms with E-state index in [9.17, 15) is 0 Å². The molecule has 0 aromatic carbocycles. The van der Waals surface area contributed by atoms with Gasteiger partial charge in [0.25, 0.3) is 0 Å². The van der Waals surface area contributed by atoms with Crippen molar-refractivity contribution in [1.82, 2.24) is 14.5 Å². The third-order valence-corrected chi connectivity index (χ3v) is 3.56. The van der Waals surface area contributed by atoms with E-state index in [4.69, 9.17) is 10.5 Å². The molecule has 5 nitrogen and oxygen atoms in total. The molecule has 0 radical (unpaired) electrons. The van der Waals surface area contributed by atoms with Gasteiger partial charge in [-0.05, 0) is 13.5 Å². The van der Waals surface area contributed by atoms with Crippen molar-refractivity contribution in [2.75, 3.05) is 27.3 Å². The molecule has 98 valence electrons. The van der Waals surface area contributed by atoms with Gasteiger partial charge in [0.2, 0.25) is 0 Å². The van der Waals surface area contributed by atoms with E-state index in [2.05, 4.69) is 23.9 Å². The van der Waals surface area contributed by atoms with Crippen molar-refractivity contribution in [3.8, 4) is 0 Å². The Morgan fingerprint density at radius 3 is 2.71 bits per heavy atom. The molecule has 0 bridgehead atoms. The SMILES string of the molecule is CCC(CN)(COC)N(C)Cc1nccn1C. The van der Waals surface area contributed by atoms with Gasteiger partial charge in [-0.3, -0.25) is 4.90 Å². The molecule has 0 saturated carbocycles. The molecule has 17 heavy (non-hydrogen) atoms. The number of nitrogens with two attached hydrogens (primary N) is 1. The van der Waals surface area contributed by atoms with Crippen molar-refractivity contribution >= 4 is 0 Å². The van der Waals surface area contributed by atoms with Crippen LogP contribution in [0.5, 0.6) is 0 Å². The number of methoxy groups -OCH3 is 1. The number of ether oxygens (including phenoxy) is 1. The van der Waals surface area contributed by atoms with Crippen LogP contribution in [0.3, 0.4) is 0 Å². The maximum absolute atomic E-state index is 5.92. The van der Waals surface area contributed by atoms with Crippen molar-refractivity contribution in [2.24, 2.45) is 12.8 Å². The van der Waals surface area contributed by atoms with Gasteiger partial charge < -0.3 is 15.0 Å². The van der Waals surface area contributed by atoms with Gasteiger partial charge in [0.15, 0.2) is 0 Å². The zero-order valence-corrected chi connectivity index (χ0v) is 11.3. The second-order valence-corrected chi connectivity index (χ2v) is 4.53. The van der Waals surface area contributed by atoms with E-state index in [0.29, 0.717) is 13.2 Å². The summed E-state index contributed by atoms with van der Waals surface area (Å²) in [5.74, 6) is 1.04. The number of aromatic nitrogens is 2. The molecular weight excluding hydrogens is 216 g/mol. The van der Waals surface area contributed by atoms with Crippen molar-refractivity contribution in [1.29, 1.82) is 0 Å². The van der Waals surface area contributed by atoms with Crippen LogP contribution in [0.1, 0.15) is 19.2 Å². The lowest BCUT2D eigenvalue weighted by atomic mass is 9.95. The number of imidazole rings is 1. The van der Waals surface area contributed by atoms with Gasteiger partial charge in [-0.1, -0.05) is 6.92 Å². The number of likely N-dealkylation sites (N-methyl/N-ethyl adjacent to an activating group) is 1. The van der Waals surface area contributed by atoms with E-state index in [1.807, 2.05) is 24.0 Å². The Hall–Kier alpha value is -0.910. The van der Waals surface area contributed by atoms with E-state index in [-0.39, 0.29) is 5.54 Å². The van der Waals surface area contributed by atoms with Gasteiger partial charge in [0.1, 0.15) is 5.82 Å². The van der Waals surface area contributed by atoms with Crippen molar-refractivity contribution in [2.45, 2.75) is 25.4 Å². The molecule has 0 aliphatic heterocycles. The van der Waals surface area contributed by atoms with Gasteiger partial charge in [-0.15, -0.1) is 0 Å². The number of aryl methyl sites for hydroxylation is 1. The summed E-state index contributed by atoms with van der Waals surface area (Å²) in [6, 6.07) is 0. The first-order valence-electron chi connectivity index (χ1n) is 5.96. The molecule has 1 aromatic rings. The zero-order chi connectivity index (χ0) is 12.9. The molecule has 1 aromatic heterocycles. The molecule has 0 spiro atoms. The molecule has 1 atom stereocenters. The van der Waals surface area contributed by atoms with E-state index in [1.54, 1.807) is 7.11 Å². The van der Waals surface area contributed by atoms with Crippen LogP contribution in [0.25, 0.3) is 0 Å². The van der Waals surface area contributed by atoms with Crippen LogP contribution in [-0.2, 0) is 18.3 Å². The molecular formula is C12H24N4O. The molecule has 0 amide bonds. The van der Waals surface area contributed by atoms with Gasteiger partial charge in [0.05, 0.1) is 18.7 Å². The molecule has 5 heteroatoms. The molecule has 1 heterocycles. The highest BCUT2D eigenvalue weighted by Crippen LogP contribution is 2.19. The Morgan fingerprint density at radius 1 is 1.59 bits per heavy atom. The molecule has 0 aliphatic carbocycles. The molecule has 0 fully saturated rings. The lowest BCUT2D eigenvalue weighted by Gasteiger charge is -2.39. The third kappa shape index (κ3) is 3.06. The van der Waals surface area contributed by atoms with Crippen LogP contribution < -0.4 is 5.73 Å². The first kappa shape index (κ1) is 14.2. The predicted molar refractivity (Wildman–Crippen MR) is 68.6 cm³/mol. The predicted octanol–water partition coefficient (Wildman–Crippen LogP) is 0.606. The van der Waals surface area contributed by atoms with E-state index < -0.39 is 0 Å². The maximum atomic E-state index is 5.92.